The van der Waals surface area contributed by atoms with Gasteiger partial charge in [0.2, 0.25) is 0 Å². The normalized spacial score (nSPS) is 14.2. The van der Waals surface area contributed by atoms with Crippen LogP contribution < -0.4 is 10.6 Å². The number of likely N-dealkylation sites (tertiary alicyclic amines) is 1. The van der Waals surface area contributed by atoms with E-state index in [1.165, 1.54) is 50.6 Å². The quantitative estimate of drug-likeness (QED) is 0.403. The highest BCUT2D eigenvalue weighted by Crippen LogP contribution is 2.30. The lowest BCUT2D eigenvalue weighted by Gasteiger charge is -2.26. The molecule has 1 saturated heterocycles. The largest absolute Gasteiger partial charge is 0.403 e. The van der Waals surface area contributed by atoms with Crippen molar-refractivity contribution in [2.45, 2.75) is 32.1 Å². The molecule has 0 unspecified atom stereocenters. The Morgan fingerprint density at radius 1 is 1.09 bits per heavy atom. The summed E-state index contributed by atoms with van der Waals surface area (Å²) in [5.74, 6) is -0.862. The van der Waals surface area contributed by atoms with E-state index in [2.05, 4.69) is 25.7 Å². The van der Waals surface area contributed by atoms with E-state index < -0.39 is 11.7 Å². The second-order valence-corrected chi connectivity index (χ2v) is 8.48. The summed E-state index contributed by atoms with van der Waals surface area (Å²) >= 11 is 6.38. The lowest BCUT2D eigenvalue weighted by molar-refractivity contribution is 0.102. The number of hydrogen-bond acceptors (Lipinski definition) is 6. The molecule has 1 aliphatic rings. The number of nitrogens with one attached hydrogen (secondary N) is 2. The van der Waals surface area contributed by atoms with E-state index in [4.69, 9.17) is 16.0 Å². The Bertz CT molecular complexity index is 1080. The number of benzene rings is 2. The Morgan fingerprint density at radius 2 is 1.91 bits per heavy atom. The van der Waals surface area contributed by atoms with Gasteiger partial charge in [0.15, 0.2) is 0 Å². The van der Waals surface area contributed by atoms with Crippen LogP contribution in [0.15, 0.2) is 46.9 Å². The number of hydrogen-bond donors (Lipinski definition) is 2. The van der Waals surface area contributed by atoms with Crippen molar-refractivity contribution in [1.29, 1.82) is 0 Å². The summed E-state index contributed by atoms with van der Waals surface area (Å²) < 4.78 is 19.5. The van der Waals surface area contributed by atoms with Gasteiger partial charge in [0.1, 0.15) is 5.82 Å². The maximum atomic E-state index is 13.8. The summed E-state index contributed by atoms with van der Waals surface area (Å²) in [7, 11) is 0. The fourth-order valence-electron chi connectivity index (χ4n) is 3.85. The number of aromatic nitrogens is 2. The first-order chi connectivity index (χ1) is 16.1. The highest BCUT2D eigenvalue weighted by Gasteiger charge is 2.15. The average Bonchev–Trinajstić information content (AvgIpc) is 3.28. The number of amides is 1. The van der Waals surface area contributed by atoms with Crippen LogP contribution in [0.4, 0.5) is 16.1 Å². The summed E-state index contributed by atoms with van der Waals surface area (Å²) in [6, 6.07) is 11.0. The summed E-state index contributed by atoms with van der Waals surface area (Å²) in [6.07, 6.45) is 6.12. The summed E-state index contributed by atoms with van der Waals surface area (Å²) in [6.45, 7) is 4.32. The lowest BCUT2D eigenvalue weighted by Crippen LogP contribution is -2.30. The topological polar surface area (TPSA) is 83.3 Å². The number of unbranched alkanes of at least 4 members (excludes halogenated alkanes) is 1. The van der Waals surface area contributed by atoms with Crippen LogP contribution >= 0.6 is 11.6 Å². The molecule has 0 aliphatic carbocycles. The van der Waals surface area contributed by atoms with Gasteiger partial charge in [-0.25, -0.2) is 4.39 Å². The summed E-state index contributed by atoms with van der Waals surface area (Å²) in [4.78, 5) is 14.8. The highest BCUT2D eigenvalue weighted by atomic mass is 35.5. The van der Waals surface area contributed by atoms with Crippen LogP contribution in [0.3, 0.4) is 0 Å². The van der Waals surface area contributed by atoms with E-state index in [0.29, 0.717) is 22.3 Å². The third-order valence-electron chi connectivity index (χ3n) is 5.63. The maximum absolute atomic E-state index is 13.8. The van der Waals surface area contributed by atoms with Gasteiger partial charge in [-0.2, -0.15) is 0 Å². The minimum atomic E-state index is -0.588. The first-order valence-corrected chi connectivity index (χ1v) is 11.6. The Hall–Kier alpha value is -2.97. The molecule has 1 aliphatic heterocycles. The first kappa shape index (κ1) is 23.2. The molecule has 1 fully saturated rings. The maximum Gasteiger partial charge on any atom is 0.315 e. The van der Waals surface area contributed by atoms with Crippen molar-refractivity contribution < 1.29 is 13.6 Å². The van der Waals surface area contributed by atoms with E-state index in [0.717, 1.165) is 25.9 Å². The SMILES string of the molecule is O=C(Nc1ccc(-c2nnc(NCCCCN3CCCCC3)o2)c(Cl)c1)c1ccccc1F. The van der Waals surface area contributed by atoms with Gasteiger partial charge >= 0.3 is 6.01 Å². The molecule has 0 spiro atoms. The summed E-state index contributed by atoms with van der Waals surface area (Å²) in [5, 5.41) is 14.2. The van der Waals surface area contributed by atoms with Gasteiger partial charge in [-0.1, -0.05) is 35.3 Å². The molecule has 4 rings (SSSR count). The molecule has 0 radical (unpaired) electrons. The number of carbonyl (C=O) groups is 1. The van der Waals surface area contributed by atoms with Gasteiger partial charge in [0.05, 0.1) is 16.1 Å². The van der Waals surface area contributed by atoms with Crippen LogP contribution in [0.5, 0.6) is 0 Å². The Balaban J connectivity index is 1.28. The third-order valence-corrected chi connectivity index (χ3v) is 5.94. The molecule has 0 atom stereocenters. The fourth-order valence-corrected chi connectivity index (χ4v) is 4.11. The Kier molecular flexibility index (Phi) is 7.91. The van der Waals surface area contributed by atoms with Crippen LogP contribution in [0.1, 0.15) is 42.5 Å². The second-order valence-electron chi connectivity index (χ2n) is 8.08. The first-order valence-electron chi connectivity index (χ1n) is 11.3. The second kappa shape index (κ2) is 11.2. The van der Waals surface area contributed by atoms with E-state index in [1.54, 1.807) is 24.3 Å². The number of halogens is 2. The van der Waals surface area contributed by atoms with Crippen LogP contribution in [0, 0.1) is 5.82 Å². The number of anilines is 2. The van der Waals surface area contributed by atoms with Crippen LogP contribution in [0.25, 0.3) is 11.5 Å². The lowest BCUT2D eigenvalue weighted by atomic mass is 10.1. The number of carbonyl (C=O) groups excluding carboxylic acids is 1. The van der Waals surface area contributed by atoms with E-state index in [1.807, 2.05) is 0 Å². The molecule has 2 heterocycles. The standard InChI is InChI=1S/C24H27ClFN5O2/c25-20-16-17(28-22(32)19-8-2-3-9-21(19)26)10-11-18(20)23-29-30-24(33-23)27-12-4-7-15-31-13-5-1-6-14-31/h2-3,8-11,16H,1,4-7,12-15H2,(H,27,30)(H,28,32). The van der Waals surface area contributed by atoms with Crippen molar-refractivity contribution in [3.05, 3.63) is 58.9 Å². The zero-order valence-electron chi connectivity index (χ0n) is 18.3. The van der Waals surface area contributed by atoms with Crippen LogP contribution in [-0.2, 0) is 0 Å². The smallest absolute Gasteiger partial charge is 0.315 e. The van der Waals surface area contributed by atoms with Crippen molar-refractivity contribution in [2.75, 3.05) is 36.8 Å². The average molecular weight is 472 g/mol. The van der Waals surface area contributed by atoms with Crippen LogP contribution in [-0.4, -0.2) is 47.2 Å². The summed E-state index contributed by atoms with van der Waals surface area (Å²) in [5.41, 5.74) is 0.941. The van der Waals surface area contributed by atoms with Gasteiger partial charge in [0, 0.05) is 12.2 Å². The van der Waals surface area contributed by atoms with Gasteiger partial charge in [-0.3, -0.25) is 4.79 Å². The van der Waals surface area contributed by atoms with E-state index >= 15 is 0 Å². The predicted molar refractivity (Wildman–Crippen MR) is 127 cm³/mol. The minimum absolute atomic E-state index is 0.0405. The molecule has 1 aromatic heterocycles. The Labute approximate surface area is 197 Å². The molecule has 2 aromatic carbocycles. The molecular formula is C24H27ClFN5O2. The highest BCUT2D eigenvalue weighted by molar-refractivity contribution is 6.33. The zero-order chi connectivity index (χ0) is 23.0. The molecule has 0 bridgehead atoms. The zero-order valence-corrected chi connectivity index (χ0v) is 19.1. The van der Waals surface area contributed by atoms with Gasteiger partial charge < -0.3 is 20.0 Å². The molecule has 0 saturated carbocycles. The Morgan fingerprint density at radius 3 is 2.70 bits per heavy atom. The van der Waals surface area contributed by atoms with Crippen molar-refractivity contribution >= 4 is 29.2 Å². The predicted octanol–water partition coefficient (Wildman–Crippen LogP) is 5.46. The van der Waals surface area contributed by atoms with E-state index in [9.17, 15) is 9.18 Å². The van der Waals surface area contributed by atoms with Gasteiger partial charge in [-0.15, -0.1) is 5.10 Å². The molecular weight excluding hydrogens is 445 g/mol. The minimum Gasteiger partial charge on any atom is -0.403 e. The monoisotopic (exact) mass is 471 g/mol. The van der Waals surface area contributed by atoms with E-state index in [-0.39, 0.29) is 11.5 Å². The fraction of sp³-hybridized carbons (Fsp3) is 0.375. The molecule has 174 valence electrons. The van der Waals surface area contributed by atoms with Crippen molar-refractivity contribution in [3.63, 3.8) is 0 Å². The molecule has 1 amide bonds. The molecule has 7 nitrogen and oxygen atoms in total. The van der Waals surface area contributed by atoms with Gasteiger partial charge in [-0.05, 0) is 75.6 Å². The third kappa shape index (κ3) is 6.30. The number of rotatable bonds is 9. The van der Waals surface area contributed by atoms with Crippen LogP contribution in [0.2, 0.25) is 5.02 Å². The van der Waals surface area contributed by atoms with Crippen molar-refractivity contribution in [2.24, 2.45) is 0 Å². The van der Waals surface area contributed by atoms with Gasteiger partial charge in [0.25, 0.3) is 11.8 Å². The van der Waals surface area contributed by atoms with Crippen molar-refractivity contribution in [1.82, 2.24) is 15.1 Å². The number of nitrogens with zero attached hydrogens (tertiary/aromatic N) is 3. The molecule has 33 heavy (non-hydrogen) atoms. The number of piperidine rings is 1. The molecule has 3 aromatic rings. The van der Waals surface area contributed by atoms with Crippen molar-refractivity contribution in [3.8, 4) is 11.5 Å². The molecule has 2 N–H and O–H groups in total. The molecule has 9 heteroatoms.